The van der Waals surface area contributed by atoms with Gasteiger partial charge in [0.25, 0.3) is 0 Å². The van der Waals surface area contributed by atoms with Gasteiger partial charge in [-0.2, -0.15) is 0 Å². The highest BCUT2D eigenvalue weighted by Gasteiger charge is 2.32. The lowest BCUT2D eigenvalue weighted by molar-refractivity contribution is -0.122. The Hall–Kier alpha value is -0.0500. The molecule has 0 aromatic heterocycles. The summed E-state index contributed by atoms with van der Waals surface area (Å²) in [6.07, 6.45) is 2.37. The maximum atomic E-state index is 11.8. The van der Waals surface area contributed by atoms with E-state index >= 15 is 0 Å². The monoisotopic (exact) mass is 275 g/mol. The summed E-state index contributed by atoms with van der Waals surface area (Å²) in [5.74, 6) is 1.85. The molecule has 4 unspecified atom stereocenters. The zero-order valence-electron chi connectivity index (χ0n) is 10.1. The van der Waals surface area contributed by atoms with Gasteiger partial charge in [0.2, 0.25) is 5.91 Å². The molecule has 4 atom stereocenters. The summed E-state index contributed by atoms with van der Waals surface area (Å²) < 4.78 is 0. The molecule has 0 aromatic carbocycles. The van der Waals surface area contributed by atoms with Gasteiger partial charge in [-0.1, -0.05) is 43.6 Å². The molecule has 1 amide bonds. The van der Waals surface area contributed by atoms with Crippen molar-refractivity contribution in [3.05, 3.63) is 0 Å². The SMILES string of the molecule is CC(C)C(Br)C(=O)NC1CCC(C)C1C. The van der Waals surface area contributed by atoms with Crippen molar-refractivity contribution in [2.75, 3.05) is 0 Å². The third-order valence-electron chi connectivity index (χ3n) is 3.63. The van der Waals surface area contributed by atoms with E-state index in [0.717, 1.165) is 12.3 Å². The van der Waals surface area contributed by atoms with Gasteiger partial charge >= 0.3 is 0 Å². The van der Waals surface area contributed by atoms with E-state index in [1.807, 2.05) is 0 Å². The molecular formula is C12H22BrNO. The van der Waals surface area contributed by atoms with Gasteiger partial charge in [0.05, 0.1) is 4.83 Å². The molecular weight excluding hydrogens is 254 g/mol. The zero-order valence-corrected chi connectivity index (χ0v) is 11.7. The predicted octanol–water partition coefficient (Wildman–Crippen LogP) is 2.96. The minimum Gasteiger partial charge on any atom is -0.352 e. The number of carbonyl (C=O) groups is 1. The van der Waals surface area contributed by atoms with Crippen LogP contribution in [0.1, 0.15) is 40.5 Å². The normalized spacial score (nSPS) is 33.1. The average Bonchev–Trinajstić information content (AvgIpc) is 2.48. The first-order valence-electron chi connectivity index (χ1n) is 5.88. The minimum absolute atomic E-state index is 0.0550. The summed E-state index contributed by atoms with van der Waals surface area (Å²) in [5.41, 5.74) is 0. The van der Waals surface area contributed by atoms with Crippen LogP contribution in [0.25, 0.3) is 0 Å². The number of halogens is 1. The molecule has 1 N–H and O–H groups in total. The maximum Gasteiger partial charge on any atom is 0.234 e. The summed E-state index contributed by atoms with van der Waals surface area (Å²) in [6.45, 7) is 8.62. The van der Waals surface area contributed by atoms with E-state index in [1.54, 1.807) is 0 Å². The fraction of sp³-hybridized carbons (Fsp3) is 0.917. The van der Waals surface area contributed by atoms with Crippen LogP contribution in [-0.2, 0) is 4.79 Å². The number of amides is 1. The highest BCUT2D eigenvalue weighted by Crippen LogP contribution is 2.31. The third-order valence-corrected chi connectivity index (χ3v) is 5.10. The molecule has 1 fully saturated rings. The average molecular weight is 276 g/mol. The van der Waals surface area contributed by atoms with Crippen LogP contribution < -0.4 is 5.32 Å². The molecule has 0 aliphatic heterocycles. The van der Waals surface area contributed by atoms with Crippen LogP contribution in [0.2, 0.25) is 0 Å². The molecule has 2 nitrogen and oxygen atoms in total. The topological polar surface area (TPSA) is 29.1 Å². The predicted molar refractivity (Wildman–Crippen MR) is 67.0 cm³/mol. The highest BCUT2D eigenvalue weighted by atomic mass is 79.9. The molecule has 1 aliphatic rings. The molecule has 15 heavy (non-hydrogen) atoms. The van der Waals surface area contributed by atoms with Gasteiger partial charge < -0.3 is 5.32 Å². The molecule has 1 rings (SSSR count). The highest BCUT2D eigenvalue weighted by molar-refractivity contribution is 9.10. The van der Waals surface area contributed by atoms with Crippen molar-refractivity contribution in [3.63, 3.8) is 0 Å². The van der Waals surface area contributed by atoms with E-state index in [0.29, 0.717) is 17.9 Å². The molecule has 88 valence electrons. The van der Waals surface area contributed by atoms with E-state index in [4.69, 9.17) is 0 Å². The Morgan fingerprint density at radius 2 is 1.93 bits per heavy atom. The van der Waals surface area contributed by atoms with Gasteiger partial charge in [-0.15, -0.1) is 0 Å². The van der Waals surface area contributed by atoms with Crippen LogP contribution in [0.15, 0.2) is 0 Å². The molecule has 0 spiro atoms. The van der Waals surface area contributed by atoms with E-state index in [-0.39, 0.29) is 10.7 Å². The number of alkyl halides is 1. The lowest BCUT2D eigenvalue weighted by Crippen LogP contribution is -2.42. The van der Waals surface area contributed by atoms with Crippen LogP contribution in [0.3, 0.4) is 0 Å². The summed E-state index contributed by atoms with van der Waals surface area (Å²) in [4.78, 5) is 11.8. The van der Waals surface area contributed by atoms with Crippen LogP contribution in [0.4, 0.5) is 0 Å². The lowest BCUT2D eigenvalue weighted by atomic mass is 9.97. The van der Waals surface area contributed by atoms with Crippen molar-refractivity contribution in [2.45, 2.75) is 51.4 Å². The number of carbonyl (C=O) groups excluding carboxylic acids is 1. The largest absolute Gasteiger partial charge is 0.352 e. The third kappa shape index (κ3) is 3.20. The second-order valence-corrected chi connectivity index (χ2v) is 6.16. The lowest BCUT2D eigenvalue weighted by Gasteiger charge is -2.22. The first-order chi connectivity index (χ1) is 6.93. The van der Waals surface area contributed by atoms with Gasteiger partial charge in [-0.25, -0.2) is 0 Å². The second kappa shape index (κ2) is 5.33. The van der Waals surface area contributed by atoms with Crippen molar-refractivity contribution < 1.29 is 4.79 Å². The fourth-order valence-corrected chi connectivity index (χ4v) is 2.27. The minimum atomic E-state index is -0.0550. The molecule has 1 saturated carbocycles. The molecule has 3 heteroatoms. The van der Waals surface area contributed by atoms with Gasteiger partial charge in [0.15, 0.2) is 0 Å². The molecule has 0 saturated heterocycles. The summed E-state index contributed by atoms with van der Waals surface area (Å²) >= 11 is 3.44. The Bertz CT molecular complexity index is 230. The van der Waals surface area contributed by atoms with Crippen molar-refractivity contribution in [3.8, 4) is 0 Å². The van der Waals surface area contributed by atoms with Crippen LogP contribution in [-0.4, -0.2) is 16.8 Å². The number of hydrogen-bond acceptors (Lipinski definition) is 1. The fourth-order valence-electron chi connectivity index (χ4n) is 2.13. The second-order valence-electron chi connectivity index (χ2n) is 5.17. The van der Waals surface area contributed by atoms with E-state index < -0.39 is 0 Å². The smallest absolute Gasteiger partial charge is 0.234 e. The summed E-state index contributed by atoms with van der Waals surface area (Å²) in [5, 5.41) is 3.15. The number of nitrogens with one attached hydrogen (secondary N) is 1. The standard InChI is InChI=1S/C12H22BrNO/c1-7(2)11(13)12(15)14-10-6-5-8(3)9(10)4/h7-11H,5-6H2,1-4H3,(H,14,15). The summed E-state index contributed by atoms with van der Waals surface area (Å²) in [7, 11) is 0. The first kappa shape index (κ1) is 13.0. The van der Waals surface area contributed by atoms with Gasteiger partial charge in [0, 0.05) is 6.04 Å². The zero-order chi connectivity index (χ0) is 11.6. The number of rotatable bonds is 3. The van der Waals surface area contributed by atoms with E-state index in [1.165, 1.54) is 6.42 Å². The van der Waals surface area contributed by atoms with Crippen LogP contribution >= 0.6 is 15.9 Å². The van der Waals surface area contributed by atoms with Gasteiger partial charge in [-0.05, 0) is 30.6 Å². The molecule has 0 radical (unpaired) electrons. The van der Waals surface area contributed by atoms with Crippen molar-refractivity contribution in [1.29, 1.82) is 0 Å². The van der Waals surface area contributed by atoms with Crippen LogP contribution in [0, 0.1) is 17.8 Å². The van der Waals surface area contributed by atoms with Crippen molar-refractivity contribution in [2.24, 2.45) is 17.8 Å². The molecule has 1 aliphatic carbocycles. The maximum absolute atomic E-state index is 11.8. The Labute approximate surface area is 101 Å². The molecule has 0 aromatic rings. The van der Waals surface area contributed by atoms with E-state index in [2.05, 4.69) is 48.9 Å². The quantitative estimate of drug-likeness (QED) is 0.789. The summed E-state index contributed by atoms with van der Waals surface area (Å²) in [6, 6.07) is 0.381. The molecule has 0 heterocycles. The molecule has 0 bridgehead atoms. The number of hydrogen-bond donors (Lipinski definition) is 1. The first-order valence-corrected chi connectivity index (χ1v) is 6.79. The van der Waals surface area contributed by atoms with Crippen LogP contribution in [0.5, 0.6) is 0 Å². The van der Waals surface area contributed by atoms with Gasteiger partial charge in [0.1, 0.15) is 0 Å². The van der Waals surface area contributed by atoms with Crippen molar-refractivity contribution in [1.82, 2.24) is 5.32 Å². The van der Waals surface area contributed by atoms with Gasteiger partial charge in [-0.3, -0.25) is 4.79 Å². The Balaban J connectivity index is 2.45. The van der Waals surface area contributed by atoms with E-state index in [9.17, 15) is 4.79 Å². The van der Waals surface area contributed by atoms with Crippen molar-refractivity contribution >= 4 is 21.8 Å². The Morgan fingerprint density at radius 1 is 1.33 bits per heavy atom. The Morgan fingerprint density at radius 3 is 2.33 bits per heavy atom. The Kier molecular flexibility index (Phi) is 4.63.